The zero-order chi connectivity index (χ0) is 35.0. The van der Waals surface area contributed by atoms with E-state index in [1.54, 1.807) is 0 Å². The van der Waals surface area contributed by atoms with Crippen LogP contribution >= 0.6 is 23.5 Å². The van der Waals surface area contributed by atoms with Crippen LogP contribution in [0.3, 0.4) is 0 Å². The molecule has 2 heterocycles. The molecule has 0 amide bonds. The number of thioether (sulfide) groups is 2. The van der Waals surface area contributed by atoms with Crippen LogP contribution in [0, 0.1) is 0 Å². The minimum atomic E-state index is 0.636. The van der Waals surface area contributed by atoms with Crippen LogP contribution in [0.4, 0.5) is 0 Å². The normalized spacial score (nSPS) is 13.0. The maximum absolute atomic E-state index is 2.48. The van der Waals surface area contributed by atoms with Crippen LogP contribution < -0.4 is 9.13 Å². The Labute approximate surface area is 314 Å². The van der Waals surface area contributed by atoms with Gasteiger partial charge in [-0.15, -0.1) is 0 Å². The fourth-order valence-corrected chi connectivity index (χ4v) is 9.59. The molecule has 2 aromatic rings. The first kappa shape index (κ1) is 44.3. The number of nitrogens with zero attached hydrogens (tertiary/aromatic N) is 4. The van der Waals surface area contributed by atoms with E-state index in [1.807, 2.05) is 0 Å². The Morgan fingerprint density at radius 1 is 0.429 bits per heavy atom. The van der Waals surface area contributed by atoms with Gasteiger partial charge in [0.05, 0.1) is 14.1 Å². The molecule has 0 bridgehead atoms. The molecule has 0 saturated carbocycles. The quantitative estimate of drug-likeness (QED) is 0.0515. The first-order valence-corrected chi connectivity index (χ1v) is 23.7. The molecule has 49 heavy (non-hydrogen) atoms. The van der Waals surface area contributed by atoms with Crippen LogP contribution in [-0.4, -0.2) is 32.1 Å². The molecule has 0 spiro atoms. The highest BCUT2D eigenvalue weighted by molar-refractivity contribution is 8.00. The molecule has 2 unspecified atom stereocenters. The number of unbranched alkanes of at least 4 members (excludes halogenated alkanes) is 22. The highest BCUT2D eigenvalue weighted by Gasteiger charge is 2.18. The maximum Gasteiger partial charge on any atom is 0.243 e. The molecule has 2 rings (SSSR count). The minimum absolute atomic E-state index is 0.636. The second-order valence-corrected chi connectivity index (χ2v) is 17.5. The SMILES string of the molecule is CCCCCCCCCCCCCCC(CSCCCSCC(CCCCCCCCCCCCCC)n1cc[n+](C)c1)n1cc[n+](C)c1. The van der Waals surface area contributed by atoms with Crippen LogP contribution in [0.25, 0.3) is 0 Å². The summed E-state index contributed by atoms with van der Waals surface area (Å²) in [6.07, 6.45) is 51.8. The van der Waals surface area contributed by atoms with Crippen molar-refractivity contribution >= 4 is 23.5 Å². The molecule has 0 aliphatic heterocycles. The fraction of sp³-hybridized carbons (Fsp3) is 0.860. The van der Waals surface area contributed by atoms with E-state index in [4.69, 9.17) is 0 Å². The third kappa shape index (κ3) is 24.1. The van der Waals surface area contributed by atoms with E-state index in [0.717, 1.165) is 0 Å². The summed E-state index contributed by atoms with van der Waals surface area (Å²) < 4.78 is 9.37. The zero-order valence-electron chi connectivity index (χ0n) is 33.1. The molecule has 0 aromatic carbocycles. The lowest BCUT2D eigenvalue weighted by atomic mass is 10.0. The average molecular weight is 719 g/mol. The van der Waals surface area contributed by atoms with E-state index in [1.165, 1.54) is 196 Å². The summed E-state index contributed by atoms with van der Waals surface area (Å²) in [5, 5.41) is 0. The number of hydrogen-bond donors (Lipinski definition) is 0. The molecule has 0 fully saturated rings. The van der Waals surface area contributed by atoms with E-state index in [2.05, 4.69) is 107 Å². The predicted molar refractivity (Wildman–Crippen MR) is 220 cm³/mol. The standard InChI is InChI=1S/C43H82N4S2/c1-5-7-9-11-13-15-17-19-21-23-25-27-30-42(46-34-32-44(3)40-46)38-48-36-29-37-49-39-43(47-35-33-45(4)41-47)31-28-26-24-22-20-18-16-14-12-10-8-6-2/h32-35,40-43H,5-31,36-39H2,1-4H3/q+2. The van der Waals surface area contributed by atoms with Gasteiger partial charge in [-0.05, 0) is 43.6 Å². The van der Waals surface area contributed by atoms with Gasteiger partial charge in [0.25, 0.3) is 0 Å². The molecule has 0 aliphatic rings. The van der Waals surface area contributed by atoms with Gasteiger partial charge in [-0.2, -0.15) is 23.5 Å². The number of imidazole rings is 2. The first-order chi connectivity index (χ1) is 24.1. The summed E-state index contributed by atoms with van der Waals surface area (Å²) in [7, 11) is 4.31. The van der Waals surface area contributed by atoms with Crippen molar-refractivity contribution in [1.29, 1.82) is 0 Å². The van der Waals surface area contributed by atoms with Gasteiger partial charge in [0, 0.05) is 11.5 Å². The van der Waals surface area contributed by atoms with E-state index < -0.39 is 0 Å². The second kappa shape index (κ2) is 31.8. The Bertz CT molecular complexity index is 896. The summed E-state index contributed by atoms with van der Waals surface area (Å²) in [6.45, 7) is 4.62. The van der Waals surface area contributed by atoms with Crippen LogP contribution in [0.5, 0.6) is 0 Å². The number of aromatic nitrogens is 4. The molecule has 2 atom stereocenters. The number of aryl methyl sites for hydroxylation is 2. The van der Waals surface area contributed by atoms with Crippen molar-refractivity contribution in [2.24, 2.45) is 14.1 Å². The largest absolute Gasteiger partial charge is 0.243 e. The zero-order valence-corrected chi connectivity index (χ0v) is 34.8. The van der Waals surface area contributed by atoms with Gasteiger partial charge < -0.3 is 0 Å². The smallest absolute Gasteiger partial charge is 0.240 e. The van der Waals surface area contributed by atoms with Crippen molar-refractivity contribution in [1.82, 2.24) is 9.13 Å². The monoisotopic (exact) mass is 719 g/mol. The van der Waals surface area contributed by atoms with Gasteiger partial charge in [-0.25, -0.2) is 18.3 Å². The van der Waals surface area contributed by atoms with Gasteiger partial charge >= 0.3 is 0 Å². The molecular formula is C43H82N4S2+2. The van der Waals surface area contributed by atoms with Gasteiger partial charge in [0.2, 0.25) is 12.7 Å². The third-order valence-electron chi connectivity index (χ3n) is 10.4. The molecule has 0 N–H and O–H groups in total. The molecule has 0 saturated heterocycles. The lowest BCUT2D eigenvalue weighted by Gasteiger charge is -2.15. The Kier molecular flexibility index (Phi) is 28.8. The summed E-state index contributed by atoms with van der Waals surface area (Å²) >= 11 is 4.37. The first-order valence-electron chi connectivity index (χ1n) is 21.3. The van der Waals surface area contributed by atoms with Crippen molar-refractivity contribution in [2.75, 3.05) is 23.0 Å². The van der Waals surface area contributed by atoms with Crippen LogP contribution in [0.2, 0.25) is 0 Å². The van der Waals surface area contributed by atoms with Crippen molar-refractivity contribution < 1.29 is 9.13 Å². The lowest BCUT2D eigenvalue weighted by Crippen LogP contribution is -2.24. The highest BCUT2D eigenvalue weighted by Crippen LogP contribution is 2.25. The van der Waals surface area contributed by atoms with Crippen LogP contribution in [-0.2, 0) is 14.1 Å². The summed E-state index contributed by atoms with van der Waals surface area (Å²) in [6, 6.07) is 1.27. The van der Waals surface area contributed by atoms with E-state index in [9.17, 15) is 0 Å². The lowest BCUT2D eigenvalue weighted by molar-refractivity contribution is -0.671. The van der Waals surface area contributed by atoms with E-state index in [-0.39, 0.29) is 0 Å². The Morgan fingerprint density at radius 3 is 1.02 bits per heavy atom. The molecule has 0 aliphatic carbocycles. The average Bonchev–Trinajstić information content (AvgIpc) is 3.74. The Balaban J connectivity index is 1.55. The molecule has 6 heteroatoms. The highest BCUT2D eigenvalue weighted by atomic mass is 32.2. The number of hydrogen-bond acceptors (Lipinski definition) is 2. The van der Waals surface area contributed by atoms with Crippen molar-refractivity contribution in [2.45, 2.75) is 199 Å². The van der Waals surface area contributed by atoms with Crippen molar-refractivity contribution in [3.8, 4) is 0 Å². The molecular weight excluding hydrogens is 637 g/mol. The van der Waals surface area contributed by atoms with Gasteiger partial charge in [0.15, 0.2) is 0 Å². The fourth-order valence-electron chi connectivity index (χ4n) is 7.15. The molecule has 4 nitrogen and oxygen atoms in total. The summed E-state index contributed by atoms with van der Waals surface area (Å²) in [5.74, 6) is 5.08. The Hall–Kier alpha value is -0.880. The van der Waals surface area contributed by atoms with Crippen molar-refractivity contribution in [3.05, 3.63) is 37.4 Å². The summed E-state index contributed by atoms with van der Waals surface area (Å²) in [5.41, 5.74) is 0. The maximum atomic E-state index is 2.48. The van der Waals surface area contributed by atoms with Gasteiger partial charge in [0.1, 0.15) is 36.9 Å². The molecule has 2 aromatic heterocycles. The summed E-state index contributed by atoms with van der Waals surface area (Å²) in [4.78, 5) is 0. The van der Waals surface area contributed by atoms with E-state index in [0.29, 0.717) is 12.1 Å². The van der Waals surface area contributed by atoms with Crippen molar-refractivity contribution in [3.63, 3.8) is 0 Å². The third-order valence-corrected chi connectivity index (χ3v) is 12.8. The van der Waals surface area contributed by atoms with Crippen LogP contribution in [0.15, 0.2) is 37.4 Å². The van der Waals surface area contributed by atoms with Gasteiger partial charge in [-0.1, -0.05) is 155 Å². The molecule has 284 valence electrons. The van der Waals surface area contributed by atoms with E-state index >= 15 is 0 Å². The minimum Gasteiger partial charge on any atom is -0.240 e. The van der Waals surface area contributed by atoms with Gasteiger partial charge in [-0.3, -0.25) is 0 Å². The number of rotatable bonds is 36. The predicted octanol–water partition coefficient (Wildman–Crippen LogP) is 12.8. The van der Waals surface area contributed by atoms with Crippen LogP contribution in [0.1, 0.15) is 199 Å². The Morgan fingerprint density at radius 2 is 0.735 bits per heavy atom. The second-order valence-electron chi connectivity index (χ2n) is 15.2. The topological polar surface area (TPSA) is 17.6 Å². The molecule has 0 radical (unpaired) electrons.